The molecule has 5 nitrogen and oxygen atoms in total. The summed E-state index contributed by atoms with van der Waals surface area (Å²) in [5.41, 5.74) is 1.63. The van der Waals surface area contributed by atoms with Gasteiger partial charge in [-0.3, -0.25) is 4.79 Å². The number of benzene rings is 2. The van der Waals surface area contributed by atoms with Crippen molar-refractivity contribution in [1.82, 2.24) is 5.32 Å². The predicted molar refractivity (Wildman–Crippen MR) is 113 cm³/mol. The largest absolute Gasteiger partial charge is 0.497 e. The van der Waals surface area contributed by atoms with Gasteiger partial charge in [0, 0.05) is 23.0 Å². The molecule has 146 valence electrons. The number of halogens is 2. The molecule has 0 saturated carbocycles. The summed E-state index contributed by atoms with van der Waals surface area (Å²) in [6.07, 6.45) is -1.16. The highest BCUT2D eigenvalue weighted by Crippen LogP contribution is 2.46. The maximum atomic E-state index is 13.0. The number of aliphatic hydroxyl groups is 1. The number of nitrogens with one attached hydrogen (secondary N) is 1. The van der Waals surface area contributed by atoms with Crippen molar-refractivity contribution in [3.05, 3.63) is 53.1 Å². The van der Waals surface area contributed by atoms with Crippen LogP contribution in [0.2, 0.25) is 5.02 Å². The predicted octanol–water partition coefficient (Wildman–Crippen LogP) is 3.53. The molecule has 3 rings (SSSR count). The minimum absolute atomic E-state index is 0. The van der Waals surface area contributed by atoms with E-state index in [2.05, 4.69) is 5.32 Å². The Balaban J connectivity index is 0.00000261. The molecular formula is C19H22Cl2N2O3S. The summed E-state index contributed by atoms with van der Waals surface area (Å²) in [5.74, 6) is 0.418. The molecule has 27 heavy (non-hydrogen) atoms. The lowest BCUT2D eigenvalue weighted by Gasteiger charge is -2.25. The van der Waals surface area contributed by atoms with Crippen molar-refractivity contribution in [3.63, 3.8) is 0 Å². The van der Waals surface area contributed by atoms with Crippen molar-refractivity contribution >= 4 is 47.4 Å². The fourth-order valence-corrected chi connectivity index (χ4v) is 4.46. The van der Waals surface area contributed by atoms with E-state index in [4.69, 9.17) is 16.3 Å². The summed E-state index contributed by atoms with van der Waals surface area (Å²) in [5, 5.41) is 14.0. The first-order valence-electron chi connectivity index (χ1n) is 8.29. The second-order valence-corrected chi connectivity index (χ2v) is 7.58. The average Bonchev–Trinajstić information content (AvgIpc) is 2.76. The Morgan fingerprint density at radius 1 is 1.26 bits per heavy atom. The summed E-state index contributed by atoms with van der Waals surface area (Å²) < 4.78 is 5.19. The minimum atomic E-state index is -1.16. The number of anilines is 1. The SMILES string of the molecule is CNCCN1C(=O)[C@H](O)[C@H](c2ccc(OC)cc2)Sc2cc(Cl)ccc21.Cl. The van der Waals surface area contributed by atoms with Gasteiger partial charge in [0.2, 0.25) is 0 Å². The lowest BCUT2D eigenvalue weighted by Crippen LogP contribution is -2.43. The number of carbonyl (C=O) groups excluding carboxylic acids is 1. The lowest BCUT2D eigenvalue weighted by atomic mass is 10.1. The number of ether oxygens (including phenoxy) is 1. The molecule has 0 bridgehead atoms. The molecule has 0 aromatic heterocycles. The van der Waals surface area contributed by atoms with Crippen molar-refractivity contribution in [2.45, 2.75) is 16.2 Å². The maximum Gasteiger partial charge on any atom is 0.257 e. The Kier molecular flexibility index (Phi) is 7.82. The third kappa shape index (κ3) is 4.70. The number of fused-ring (bicyclic) bond motifs is 1. The Bertz CT molecular complexity index is 789. The molecule has 0 aliphatic carbocycles. The Hall–Kier alpha value is -1.44. The van der Waals surface area contributed by atoms with Gasteiger partial charge >= 0.3 is 0 Å². The van der Waals surface area contributed by atoms with Crippen LogP contribution in [-0.2, 0) is 4.79 Å². The highest BCUT2D eigenvalue weighted by Gasteiger charge is 2.37. The van der Waals surface area contributed by atoms with E-state index in [1.165, 1.54) is 11.8 Å². The Morgan fingerprint density at radius 3 is 2.59 bits per heavy atom. The third-order valence-electron chi connectivity index (χ3n) is 4.30. The zero-order valence-corrected chi connectivity index (χ0v) is 17.4. The van der Waals surface area contributed by atoms with Crippen LogP contribution in [0.3, 0.4) is 0 Å². The summed E-state index contributed by atoms with van der Waals surface area (Å²) in [4.78, 5) is 15.5. The van der Waals surface area contributed by atoms with E-state index in [0.717, 1.165) is 21.9 Å². The Labute approximate surface area is 174 Å². The normalized spacial score (nSPS) is 19.1. The van der Waals surface area contributed by atoms with Gasteiger partial charge in [-0.05, 0) is 42.9 Å². The van der Waals surface area contributed by atoms with E-state index in [1.54, 1.807) is 18.1 Å². The monoisotopic (exact) mass is 428 g/mol. The van der Waals surface area contributed by atoms with Crippen LogP contribution in [-0.4, -0.2) is 44.4 Å². The van der Waals surface area contributed by atoms with Crippen LogP contribution in [0, 0.1) is 0 Å². The number of rotatable bonds is 5. The van der Waals surface area contributed by atoms with Gasteiger partial charge in [0.1, 0.15) is 11.9 Å². The number of amides is 1. The first kappa shape index (κ1) is 21.9. The average molecular weight is 429 g/mol. The molecule has 0 saturated heterocycles. The van der Waals surface area contributed by atoms with Gasteiger partial charge in [-0.25, -0.2) is 0 Å². The number of likely N-dealkylation sites (N-methyl/N-ethyl adjacent to an activating group) is 1. The number of methoxy groups -OCH3 is 1. The van der Waals surface area contributed by atoms with Crippen LogP contribution in [0.1, 0.15) is 10.8 Å². The molecule has 0 spiro atoms. The van der Waals surface area contributed by atoms with Crippen LogP contribution in [0.25, 0.3) is 0 Å². The summed E-state index contributed by atoms with van der Waals surface area (Å²) in [6, 6.07) is 12.9. The molecule has 0 fully saturated rings. The minimum Gasteiger partial charge on any atom is -0.497 e. The van der Waals surface area contributed by atoms with Crippen LogP contribution in [0.4, 0.5) is 5.69 Å². The van der Waals surface area contributed by atoms with Crippen molar-refractivity contribution in [1.29, 1.82) is 0 Å². The first-order valence-corrected chi connectivity index (χ1v) is 9.55. The molecule has 1 heterocycles. The van der Waals surface area contributed by atoms with Crippen molar-refractivity contribution < 1.29 is 14.6 Å². The van der Waals surface area contributed by atoms with Gasteiger partial charge in [-0.1, -0.05) is 23.7 Å². The van der Waals surface area contributed by atoms with Gasteiger partial charge in [0.05, 0.1) is 18.0 Å². The Morgan fingerprint density at radius 2 is 1.96 bits per heavy atom. The van der Waals surface area contributed by atoms with E-state index in [1.807, 2.05) is 43.4 Å². The fourth-order valence-electron chi connectivity index (χ4n) is 2.91. The topological polar surface area (TPSA) is 61.8 Å². The molecule has 2 atom stereocenters. The molecule has 1 amide bonds. The smallest absolute Gasteiger partial charge is 0.257 e. The van der Waals surface area contributed by atoms with Crippen molar-refractivity contribution in [3.8, 4) is 5.75 Å². The summed E-state index contributed by atoms with van der Waals surface area (Å²) in [6.45, 7) is 1.09. The van der Waals surface area contributed by atoms with Crippen molar-refractivity contribution in [2.75, 3.05) is 32.1 Å². The van der Waals surface area contributed by atoms with Crippen LogP contribution in [0.15, 0.2) is 47.4 Å². The number of thioether (sulfide) groups is 1. The van der Waals surface area contributed by atoms with E-state index < -0.39 is 11.4 Å². The molecule has 2 N–H and O–H groups in total. The number of carbonyl (C=O) groups is 1. The van der Waals surface area contributed by atoms with Crippen molar-refractivity contribution in [2.24, 2.45) is 0 Å². The van der Waals surface area contributed by atoms with Crippen LogP contribution in [0.5, 0.6) is 5.75 Å². The third-order valence-corrected chi connectivity index (χ3v) is 5.90. The fraction of sp³-hybridized carbons (Fsp3) is 0.316. The molecule has 2 aromatic carbocycles. The molecule has 1 aliphatic heterocycles. The zero-order valence-electron chi connectivity index (χ0n) is 15.0. The highest BCUT2D eigenvalue weighted by atomic mass is 35.5. The van der Waals surface area contributed by atoms with E-state index in [-0.39, 0.29) is 18.3 Å². The molecular weight excluding hydrogens is 407 g/mol. The standard InChI is InChI=1S/C19H21ClN2O3S.ClH/c1-21-9-10-22-15-8-5-13(20)11-16(15)26-18(17(23)19(22)24)12-3-6-14(25-2)7-4-12;/h3-8,11,17-18,21,23H,9-10H2,1-2H3;1H/t17-,18+;/m1./s1. The van der Waals surface area contributed by atoms with E-state index >= 15 is 0 Å². The summed E-state index contributed by atoms with van der Waals surface area (Å²) in [7, 11) is 3.43. The zero-order chi connectivity index (χ0) is 18.7. The highest BCUT2D eigenvalue weighted by molar-refractivity contribution is 7.99. The van der Waals surface area contributed by atoms with Crippen LogP contribution >= 0.6 is 35.8 Å². The maximum absolute atomic E-state index is 13.0. The van der Waals surface area contributed by atoms with Gasteiger partial charge < -0.3 is 20.1 Å². The number of aliphatic hydroxyl groups excluding tert-OH is 1. The van der Waals surface area contributed by atoms with E-state index in [9.17, 15) is 9.90 Å². The first-order chi connectivity index (χ1) is 12.5. The molecule has 2 aromatic rings. The molecule has 8 heteroatoms. The quantitative estimate of drug-likeness (QED) is 0.762. The number of nitrogens with zero attached hydrogens (tertiary/aromatic N) is 1. The van der Waals surface area contributed by atoms with E-state index in [0.29, 0.717) is 18.1 Å². The molecule has 0 radical (unpaired) electrons. The van der Waals surface area contributed by atoms with Gasteiger partial charge in [0.15, 0.2) is 0 Å². The lowest BCUT2D eigenvalue weighted by molar-refractivity contribution is -0.126. The second-order valence-electron chi connectivity index (χ2n) is 5.96. The second kappa shape index (κ2) is 9.66. The van der Waals surface area contributed by atoms with Gasteiger partial charge in [-0.15, -0.1) is 24.2 Å². The number of hydrogen-bond acceptors (Lipinski definition) is 5. The molecule has 0 unspecified atom stereocenters. The van der Waals surface area contributed by atoms with Gasteiger partial charge in [-0.2, -0.15) is 0 Å². The summed E-state index contributed by atoms with van der Waals surface area (Å²) >= 11 is 7.63. The van der Waals surface area contributed by atoms with Crippen LogP contribution < -0.4 is 15.0 Å². The number of hydrogen-bond donors (Lipinski definition) is 2. The van der Waals surface area contributed by atoms with Gasteiger partial charge in [0.25, 0.3) is 5.91 Å². The molecule has 1 aliphatic rings.